The van der Waals surface area contributed by atoms with E-state index < -0.39 is 21.8 Å². The van der Waals surface area contributed by atoms with Gasteiger partial charge in [-0.1, -0.05) is 35.3 Å². The number of morpholine rings is 1. The van der Waals surface area contributed by atoms with Crippen LogP contribution < -0.4 is 4.72 Å². The molecule has 3 rings (SSSR count). The number of nitrogens with one attached hydrogen (secondary N) is 1. The second kappa shape index (κ2) is 8.69. The molecule has 0 bridgehead atoms. The molecule has 11 heteroatoms. The van der Waals surface area contributed by atoms with Crippen LogP contribution in [-0.4, -0.2) is 39.6 Å². The summed E-state index contributed by atoms with van der Waals surface area (Å²) < 4.78 is 72.7. The zero-order valence-corrected chi connectivity index (χ0v) is 17.3. The summed E-state index contributed by atoms with van der Waals surface area (Å²) >= 11 is 11.9. The normalized spacial score (nSPS) is 16.0. The van der Waals surface area contributed by atoms with Gasteiger partial charge < -0.3 is 4.74 Å². The van der Waals surface area contributed by atoms with Gasteiger partial charge in [0, 0.05) is 19.6 Å². The van der Waals surface area contributed by atoms with E-state index in [2.05, 4.69) is 4.72 Å². The standard InChI is InChI=1S/C18H17Cl2F3N2O3S/c19-14-2-1-3-16(17(14)20)29(26,27)24-15-10-13(18(21,22)23)5-4-12(15)11-25-6-8-28-9-7-25/h1-5,10,24H,6-9,11H2. The molecule has 1 saturated heterocycles. The van der Waals surface area contributed by atoms with Gasteiger partial charge in [0.1, 0.15) is 4.90 Å². The van der Waals surface area contributed by atoms with E-state index in [0.29, 0.717) is 31.9 Å². The highest BCUT2D eigenvalue weighted by Crippen LogP contribution is 2.35. The Labute approximate surface area is 176 Å². The Balaban J connectivity index is 1.99. The zero-order chi connectivity index (χ0) is 21.2. The lowest BCUT2D eigenvalue weighted by Crippen LogP contribution is -2.36. The minimum atomic E-state index is -4.62. The summed E-state index contributed by atoms with van der Waals surface area (Å²) in [6.45, 7) is 2.45. The molecule has 0 atom stereocenters. The SMILES string of the molecule is O=S(=O)(Nc1cc(C(F)(F)F)ccc1CN1CCOCC1)c1cccc(Cl)c1Cl. The molecule has 0 aliphatic carbocycles. The summed E-state index contributed by atoms with van der Waals surface area (Å²) in [6.07, 6.45) is -4.62. The second-order valence-electron chi connectivity index (χ2n) is 6.42. The van der Waals surface area contributed by atoms with Gasteiger partial charge >= 0.3 is 6.18 Å². The minimum absolute atomic E-state index is 0.0205. The highest BCUT2D eigenvalue weighted by molar-refractivity contribution is 7.92. The van der Waals surface area contributed by atoms with Gasteiger partial charge in [0.25, 0.3) is 10.0 Å². The zero-order valence-electron chi connectivity index (χ0n) is 15.0. The Morgan fingerprint density at radius 3 is 2.45 bits per heavy atom. The molecule has 1 aliphatic rings. The molecule has 0 aromatic heterocycles. The van der Waals surface area contributed by atoms with Crippen molar-refractivity contribution in [2.24, 2.45) is 0 Å². The number of halogens is 5. The van der Waals surface area contributed by atoms with E-state index in [1.165, 1.54) is 24.3 Å². The lowest BCUT2D eigenvalue weighted by Gasteiger charge is -2.27. The Bertz CT molecular complexity index is 994. The largest absolute Gasteiger partial charge is 0.416 e. The topological polar surface area (TPSA) is 58.6 Å². The molecular formula is C18H17Cl2F3N2O3S. The van der Waals surface area contributed by atoms with Gasteiger partial charge in [-0.25, -0.2) is 8.42 Å². The van der Waals surface area contributed by atoms with Crippen LogP contribution in [-0.2, 0) is 27.5 Å². The van der Waals surface area contributed by atoms with E-state index in [1.807, 2.05) is 4.90 Å². The fourth-order valence-electron chi connectivity index (χ4n) is 2.88. The molecule has 5 nitrogen and oxygen atoms in total. The van der Waals surface area contributed by atoms with Gasteiger partial charge in [0.2, 0.25) is 0 Å². The number of ether oxygens (including phenoxy) is 1. The van der Waals surface area contributed by atoms with Crippen molar-refractivity contribution in [3.63, 3.8) is 0 Å². The Kier molecular flexibility index (Phi) is 6.64. The van der Waals surface area contributed by atoms with Crippen molar-refractivity contribution in [2.75, 3.05) is 31.0 Å². The minimum Gasteiger partial charge on any atom is -0.379 e. The van der Waals surface area contributed by atoms with Crippen molar-refractivity contribution in [2.45, 2.75) is 17.6 Å². The summed E-state index contributed by atoms with van der Waals surface area (Å²) in [4.78, 5) is 1.65. The van der Waals surface area contributed by atoms with Crippen LogP contribution in [0.5, 0.6) is 0 Å². The average molecular weight is 469 g/mol. The van der Waals surface area contributed by atoms with Crippen LogP contribution in [0.15, 0.2) is 41.3 Å². The predicted octanol–water partition coefficient (Wildman–Crippen LogP) is 4.65. The lowest BCUT2D eigenvalue weighted by molar-refractivity contribution is -0.137. The molecule has 1 fully saturated rings. The van der Waals surface area contributed by atoms with E-state index in [-0.39, 0.29) is 27.2 Å². The summed E-state index contributed by atoms with van der Waals surface area (Å²) in [5, 5.41) is -0.185. The average Bonchev–Trinajstić information content (AvgIpc) is 2.65. The molecule has 2 aromatic rings. The third kappa shape index (κ3) is 5.35. The number of anilines is 1. The fraction of sp³-hybridized carbons (Fsp3) is 0.333. The van der Waals surface area contributed by atoms with Crippen molar-refractivity contribution in [1.29, 1.82) is 0 Å². The molecule has 0 unspecified atom stereocenters. The highest BCUT2D eigenvalue weighted by Gasteiger charge is 2.32. The van der Waals surface area contributed by atoms with Gasteiger partial charge in [0.15, 0.2) is 0 Å². The van der Waals surface area contributed by atoms with Crippen LogP contribution in [0.1, 0.15) is 11.1 Å². The second-order valence-corrected chi connectivity index (χ2v) is 8.85. The molecule has 0 spiro atoms. The number of nitrogens with zero attached hydrogens (tertiary/aromatic N) is 1. The third-order valence-electron chi connectivity index (χ3n) is 4.38. The molecular weight excluding hydrogens is 452 g/mol. The smallest absolute Gasteiger partial charge is 0.379 e. The first-order valence-corrected chi connectivity index (χ1v) is 10.8. The van der Waals surface area contributed by atoms with E-state index in [1.54, 1.807) is 0 Å². The number of benzene rings is 2. The Hall–Kier alpha value is -1.52. The van der Waals surface area contributed by atoms with Crippen LogP contribution in [0.25, 0.3) is 0 Å². The first kappa shape index (κ1) is 22.2. The summed E-state index contributed by atoms with van der Waals surface area (Å²) in [5.41, 5.74) is -0.720. The molecule has 0 radical (unpaired) electrons. The van der Waals surface area contributed by atoms with Gasteiger partial charge in [0.05, 0.1) is 34.5 Å². The Morgan fingerprint density at radius 2 is 1.79 bits per heavy atom. The number of sulfonamides is 1. The van der Waals surface area contributed by atoms with Crippen molar-refractivity contribution < 1.29 is 26.3 Å². The maximum absolute atomic E-state index is 13.2. The van der Waals surface area contributed by atoms with Crippen LogP contribution in [0.4, 0.5) is 18.9 Å². The number of hydrogen-bond donors (Lipinski definition) is 1. The van der Waals surface area contributed by atoms with E-state index in [9.17, 15) is 21.6 Å². The van der Waals surface area contributed by atoms with Crippen molar-refractivity contribution in [1.82, 2.24) is 4.90 Å². The molecule has 1 N–H and O–H groups in total. The van der Waals surface area contributed by atoms with Crippen molar-refractivity contribution in [3.8, 4) is 0 Å². The first-order chi connectivity index (χ1) is 13.6. The number of rotatable bonds is 5. The van der Waals surface area contributed by atoms with Crippen LogP contribution in [0.2, 0.25) is 10.0 Å². The molecule has 1 aliphatic heterocycles. The number of alkyl halides is 3. The first-order valence-electron chi connectivity index (χ1n) is 8.55. The highest BCUT2D eigenvalue weighted by atomic mass is 35.5. The number of hydrogen-bond acceptors (Lipinski definition) is 4. The molecule has 1 heterocycles. The van der Waals surface area contributed by atoms with E-state index in [0.717, 1.165) is 12.1 Å². The van der Waals surface area contributed by atoms with Gasteiger partial charge in [-0.3, -0.25) is 9.62 Å². The van der Waals surface area contributed by atoms with Crippen LogP contribution in [0.3, 0.4) is 0 Å². The maximum Gasteiger partial charge on any atom is 0.416 e. The Morgan fingerprint density at radius 1 is 1.10 bits per heavy atom. The van der Waals surface area contributed by atoms with E-state index in [4.69, 9.17) is 27.9 Å². The van der Waals surface area contributed by atoms with Crippen molar-refractivity contribution >= 4 is 38.9 Å². The van der Waals surface area contributed by atoms with Crippen LogP contribution in [0, 0.1) is 0 Å². The lowest BCUT2D eigenvalue weighted by atomic mass is 10.1. The third-order valence-corrected chi connectivity index (χ3v) is 6.72. The quantitative estimate of drug-likeness (QED) is 0.693. The predicted molar refractivity (Wildman–Crippen MR) is 105 cm³/mol. The van der Waals surface area contributed by atoms with Gasteiger partial charge in [-0.05, 0) is 29.8 Å². The molecule has 2 aromatic carbocycles. The van der Waals surface area contributed by atoms with E-state index >= 15 is 0 Å². The fourth-order valence-corrected chi connectivity index (χ4v) is 4.73. The summed E-state index contributed by atoms with van der Waals surface area (Å²) in [5.74, 6) is 0. The molecule has 158 valence electrons. The maximum atomic E-state index is 13.2. The summed E-state index contributed by atoms with van der Waals surface area (Å²) in [7, 11) is -4.27. The molecule has 0 saturated carbocycles. The summed E-state index contributed by atoms with van der Waals surface area (Å²) in [6, 6.07) is 7.02. The van der Waals surface area contributed by atoms with Crippen LogP contribution >= 0.6 is 23.2 Å². The van der Waals surface area contributed by atoms with Crippen molar-refractivity contribution in [3.05, 3.63) is 57.6 Å². The van der Waals surface area contributed by atoms with Gasteiger partial charge in [-0.15, -0.1) is 0 Å². The van der Waals surface area contributed by atoms with Gasteiger partial charge in [-0.2, -0.15) is 13.2 Å². The molecule has 0 amide bonds. The molecule has 29 heavy (non-hydrogen) atoms. The monoisotopic (exact) mass is 468 g/mol.